The van der Waals surface area contributed by atoms with Crippen LogP contribution in [0.15, 0.2) is 6.20 Å². The van der Waals surface area contributed by atoms with Gasteiger partial charge >= 0.3 is 0 Å². The van der Waals surface area contributed by atoms with Crippen molar-refractivity contribution >= 4 is 11.3 Å². The van der Waals surface area contributed by atoms with Crippen LogP contribution in [0.1, 0.15) is 37.1 Å². The van der Waals surface area contributed by atoms with Crippen molar-refractivity contribution in [3.8, 4) is 0 Å². The Balaban J connectivity index is 2.87. The summed E-state index contributed by atoms with van der Waals surface area (Å²) in [4.78, 5) is 5.17. The predicted octanol–water partition coefficient (Wildman–Crippen LogP) is 2.30. The smallest absolute Gasteiger partial charge is 0.125 e. The molecule has 0 saturated heterocycles. The van der Waals surface area contributed by atoms with Crippen molar-refractivity contribution in [2.45, 2.75) is 39.4 Å². The van der Waals surface area contributed by atoms with Crippen LogP contribution in [-0.4, -0.2) is 16.7 Å². The zero-order valence-corrected chi connectivity index (χ0v) is 9.73. The normalized spacial score (nSPS) is 15.4. The van der Waals surface area contributed by atoms with E-state index in [4.69, 9.17) is 9.84 Å². The Labute approximate surface area is 88.8 Å². The van der Waals surface area contributed by atoms with E-state index < -0.39 is 0 Å². The van der Waals surface area contributed by atoms with Gasteiger partial charge in [-0.1, -0.05) is 6.92 Å². The summed E-state index contributed by atoms with van der Waals surface area (Å²) in [7, 11) is 0. The number of aromatic nitrogens is 1. The average molecular weight is 215 g/mol. The molecule has 4 heteroatoms. The Morgan fingerprint density at radius 1 is 1.57 bits per heavy atom. The van der Waals surface area contributed by atoms with Gasteiger partial charge in [0.25, 0.3) is 0 Å². The van der Waals surface area contributed by atoms with Crippen molar-refractivity contribution in [1.82, 2.24) is 4.98 Å². The lowest BCUT2D eigenvalue weighted by Crippen LogP contribution is -2.24. The van der Waals surface area contributed by atoms with E-state index in [2.05, 4.69) is 11.9 Å². The lowest BCUT2D eigenvalue weighted by Gasteiger charge is -2.25. The van der Waals surface area contributed by atoms with Gasteiger partial charge in [-0.05, 0) is 20.3 Å². The van der Waals surface area contributed by atoms with E-state index in [-0.39, 0.29) is 12.2 Å². The summed E-state index contributed by atoms with van der Waals surface area (Å²) in [6.45, 7) is 6.84. The van der Waals surface area contributed by atoms with Crippen molar-refractivity contribution in [3.05, 3.63) is 16.1 Å². The predicted molar refractivity (Wildman–Crippen MR) is 57.3 cm³/mol. The van der Waals surface area contributed by atoms with Gasteiger partial charge in [-0.15, -0.1) is 11.3 Å². The zero-order chi connectivity index (χ0) is 10.6. The molecule has 3 nitrogen and oxygen atoms in total. The molecule has 0 saturated carbocycles. The number of hydrogen-bond acceptors (Lipinski definition) is 4. The molecule has 1 N–H and O–H groups in total. The zero-order valence-electron chi connectivity index (χ0n) is 8.91. The van der Waals surface area contributed by atoms with E-state index in [1.54, 1.807) is 6.20 Å². The molecule has 0 bridgehead atoms. The van der Waals surface area contributed by atoms with Gasteiger partial charge in [-0.25, -0.2) is 4.98 Å². The maximum absolute atomic E-state index is 8.95. The Bertz CT molecular complexity index is 287. The Hall–Kier alpha value is -0.450. The van der Waals surface area contributed by atoms with E-state index in [0.29, 0.717) is 6.61 Å². The molecule has 1 atom stereocenters. The second kappa shape index (κ2) is 4.87. The van der Waals surface area contributed by atoms with Crippen LogP contribution in [-0.2, 0) is 16.9 Å². The molecule has 0 radical (unpaired) electrons. The summed E-state index contributed by atoms with van der Waals surface area (Å²) in [6.07, 6.45) is 2.60. The minimum atomic E-state index is -0.299. The standard InChI is InChI=1S/C10H17NO2S/c1-4-10(3,13-5-2)9-11-6-8(7-12)14-9/h6,12H,4-5,7H2,1-3H3. The SMILES string of the molecule is CCOC(C)(CC)c1ncc(CO)s1. The highest BCUT2D eigenvalue weighted by Crippen LogP contribution is 2.32. The number of aliphatic hydroxyl groups is 1. The topological polar surface area (TPSA) is 42.4 Å². The second-order valence-corrected chi connectivity index (χ2v) is 4.42. The summed E-state index contributed by atoms with van der Waals surface area (Å²) in [5.74, 6) is 0. The molecule has 1 heterocycles. The third-order valence-electron chi connectivity index (χ3n) is 2.30. The van der Waals surface area contributed by atoms with Crippen molar-refractivity contribution in [1.29, 1.82) is 0 Å². The highest BCUT2D eigenvalue weighted by Gasteiger charge is 2.28. The fraction of sp³-hybridized carbons (Fsp3) is 0.700. The van der Waals surface area contributed by atoms with Crippen molar-refractivity contribution < 1.29 is 9.84 Å². The van der Waals surface area contributed by atoms with Crippen molar-refractivity contribution in [3.63, 3.8) is 0 Å². The third kappa shape index (κ3) is 2.32. The van der Waals surface area contributed by atoms with Crippen LogP contribution in [0, 0.1) is 0 Å². The summed E-state index contributed by atoms with van der Waals surface area (Å²) in [5, 5.41) is 9.90. The molecular formula is C10H17NO2S. The van der Waals surface area contributed by atoms with E-state index in [0.717, 1.165) is 16.3 Å². The highest BCUT2D eigenvalue weighted by molar-refractivity contribution is 7.11. The van der Waals surface area contributed by atoms with Crippen LogP contribution >= 0.6 is 11.3 Å². The third-order valence-corrected chi connectivity index (χ3v) is 3.53. The molecule has 1 unspecified atom stereocenters. The van der Waals surface area contributed by atoms with Gasteiger partial charge in [-0.2, -0.15) is 0 Å². The molecule has 0 fully saturated rings. The molecule has 0 amide bonds. The molecule has 1 rings (SSSR count). The lowest BCUT2D eigenvalue weighted by atomic mass is 10.1. The van der Waals surface area contributed by atoms with Crippen LogP contribution in [0.3, 0.4) is 0 Å². The fourth-order valence-electron chi connectivity index (χ4n) is 1.26. The highest BCUT2D eigenvalue weighted by atomic mass is 32.1. The minimum Gasteiger partial charge on any atom is -0.391 e. The first-order valence-corrected chi connectivity index (χ1v) is 5.68. The number of rotatable bonds is 5. The van der Waals surface area contributed by atoms with Gasteiger partial charge in [0.2, 0.25) is 0 Å². The molecule has 1 aromatic heterocycles. The molecule has 14 heavy (non-hydrogen) atoms. The summed E-state index contributed by atoms with van der Waals surface area (Å²) < 4.78 is 5.69. The number of hydrogen-bond donors (Lipinski definition) is 1. The molecule has 0 aliphatic heterocycles. The molecule has 80 valence electrons. The minimum absolute atomic E-state index is 0.0591. The van der Waals surface area contributed by atoms with Crippen molar-refractivity contribution in [2.24, 2.45) is 0 Å². The van der Waals surface area contributed by atoms with Crippen LogP contribution in [0.4, 0.5) is 0 Å². The van der Waals surface area contributed by atoms with Gasteiger partial charge < -0.3 is 9.84 Å². The van der Waals surface area contributed by atoms with Crippen LogP contribution in [0.5, 0.6) is 0 Å². The number of aliphatic hydroxyl groups excluding tert-OH is 1. The van der Waals surface area contributed by atoms with E-state index in [1.807, 2.05) is 13.8 Å². The first-order chi connectivity index (χ1) is 6.66. The molecular weight excluding hydrogens is 198 g/mol. The molecule has 0 aliphatic rings. The molecule has 1 aromatic rings. The number of ether oxygens (including phenoxy) is 1. The largest absolute Gasteiger partial charge is 0.391 e. The monoisotopic (exact) mass is 215 g/mol. The van der Waals surface area contributed by atoms with Crippen LogP contribution in [0.2, 0.25) is 0 Å². The van der Waals surface area contributed by atoms with E-state index >= 15 is 0 Å². The Morgan fingerprint density at radius 3 is 2.71 bits per heavy atom. The molecule has 0 aromatic carbocycles. The fourth-order valence-corrected chi connectivity index (χ4v) is 2.20. The van der Waals surface area contributed by atoms with Crippen LogP contribution in [0.25, 0.3) is 0 Å². The van der Waals surface area contributed by atoms with Gasteiger partial charge in [-0.3, -0.25) is 0 Å². The summed E-state index contributed by atoms with van der Waals surface area (Å²) in [6, 6.07) is 0. The van der Waals surface area contributed by atoms with E-state index in [9.17, 15) is 0 Å². The van der Waals surface area contributed by atoms with Crippen molar-refractivity contribution in [2.75, 3.05) is 6.61 Å². The Kier molecular flexibility index (Phi) is 4.04. The Morgan fingerprint density at radius 2 is 2.29 bits per heavy atom. The maximum Gasteiger partial charge on any atom is 0.125 e. The quantitative estimate of drug-likeness (QED) is 0.819. The molecule has 0 aliphatic carbocycles. The van der Waals surface area contributed by atoms with Gasteiger partial charge in [0.05, 0.1) is 11.5 Å². The molecule has 0 spiro atoms. The first kappa shape index (κ1) is 11.6. The average Bonchev–Trinajstić information content (AvgIpc) is 2.66. The lowest BCUT2D eigenvalue weighted by molar-refractivity contribution is -0.0324. The van der Waals surface area contributed by atoms with E-state index in [1.165, 1.54) is 11.3 Å². The number of thiazole rings is 1. The van der Waals surface area contributed by atoms with Crippen LogP contribution < -0.4 is 0 Å². The van der Waals surface area contributed by atoms with Gasteiger partial charge in [0, 0.05) is 12.8 Å². The summed E-state index contributed by atoms with van der Waals surface area (Å²) >= 11 is 1.52. The first-order valence-electron chi connectivity index (χ1n) is 4.86. The van der Waals surface area contributed by atoms with Gasteiger partial charge in [0.1, 0.15) is 10.6 Å². The second-order valence-electron chi connectivity index (χ2n) is 3.31. The van der Waals surface area contributed by atoms with Gasteiger partial charge in [0.15, 0.2) is 0 Å². The maximum atomic E-state index is 8.95. The number of nitrogens with zero attached hydrogens (tertiary/aromatic N) is 1. The summed E-state index contributed by atoms with van der Waals surface area (Å²) in [5.41, 5.74) is -0.299.